The molecule has 0 aliphatic heterocycles. The summed E-state index contributed by atoms with van der Waals surface area (Å²) in [5.74, 6) is -0.292. The predicted octanol–water partition coefficient (Wildman–Crippen LogP) is 2.81. The fraction of sp³-hybridized carbons (Fsp3) is 0.250. The summed E-state index contributed by atoms with van der Waals surface area (Å²) in [4.78, 5) is 4.66. The Bertz CT molecular complexity index is 958. The van der Waals surface area contributed by atoms with Crippen LogP contribution in [0.3, 0.4) is 0 Å². The summed E-state index contributed by atoms with van der Waals surface area (Å²) in [5.41, 5.74) is 2.57. The van der Waals surface area contributed by atoms with Crippen molar-refractivity contribution in [2.45, 2.75) is 25.2 Å². The van der Waals surface area contributed by atoms with Crippen LogP contribution in [0.1, 0.15) is 17.1 Å². The molecule has 0 aliphatic carbocycles. The molecule has 0 bridgehead atoms. The van der Waals surface area contributed by atoms with Gasteiger partial charge in [0.2, 0.25) is 10.0 Å². The van der Waals surface area contributed by atoms with Gasteiger partial charge in [-0.1, -0.05) is 0 Å². The maximum Gasteiger partial charge on any atom is 0.244 e. The second kappa shape index (κ2) is 7.03. The fourth-order valence-electron chi connectivity index (χ4n) is 2.47. The second-order valence-electron chi connectivity index (χ2n) is 5.56. The topological polar surface area (TPSA) is 87.7 Å². The highest BCUT2D eigenvalue weighted by atomic mass is 32.2. The SMILES string of the molecule is Cc1n[nH]c(C)c1S(=O)(=O)NCCc1csc(-c2ccc(F)cc2)n1. The van der Waals surface area contributed by atoms with Gasteiger partial charge in [-0.05, 0) is 38.1 Å². The summed E-state index contributed by atoms with van der Waals surface area (Å²) >= 11 is 1.44. The van der Waals surface area contributed by atoms with E-state index < -0.39 is 10.0 Å². The number of H-pyrrole nitrogens is 1. The van der Waals surface area contributed by atoms with Gasteiger partial charge in [0.15, 0.2) is 0 Å². The maximum absolute atomic E-state index is 13.0. The lowest BCUT2D eigenvalue weighted by Crippen LogP contribution is -2.27. The molecule has 0 atom stereocenters. The first-order chi connectivity index (χ1) is 11.9. The third kappa shape index (κ3) is 3.94. The molecular weight excluding hydrogens is 363 g/mol. The van der Waals surface area contributed by atoms with Crippen LogP contribution in [0, 0.1) is 19.7 Å². The Balaban J connectivity index is 1.64. The van der Waals surface area contributed by atoms with E-state index >= 15 is 0 Å². The Kier molecular flexibility index (Phi) is 4.98. The van der Waals surface area contributed by atoms with E-state index in [1.807, 2.05) is 5.38 Å². The van der Waals surface area contributed by atoms with Gasteiger partial charge in [-0.3, -0.25) is 5.10 Å². The van der Waals surface area contributed by atoms with Crippen molar-refractivity contribution in [3.05, 3.63) is 52.5 Å². The van der Waals surface area contributed by atoms with Crippen molar-refractivity contribution >= 4 is 21.4 Å². The van der Waals surface area contributed by atoms with E-state index in [9.17, 15) is 12.8 Å². The Morgan fingerprint density at radius 3 is 2.60 bits per heavy atom. The van der Waals surface area contributed by atoms with Crippen LogP contribution in [0.5, 0.6) is 0 Å². The van der Waals surface area contributed by atoms with E-state index in [1.54, 1.807) is 26.0 Å². The molecule has 3 aromatic rings. The van der Waals surface area contributed by atoms with Crippen LogP contribution < -0.4 is 4.72 Å². The minimum Gasteiger partial charge on any atom is -0.281 e. The number of nitrogens with zero attached hydrogens (tertiary/aromatic N) is 2. The molecule has 1 aromatic carbocycles. The van der Waals surface area contributed by atoms with E-state index in [1.165, 1.54) is 23.5 Å². The average molecular weight is 380 g/mol. The molecule has 0 amide bonds. The molecule has 0 unspecified atom stereocenters. The number of hydrogen-bond acceptors (Lipinski definition) is 5. The lowest BCUT2D eigenvalue weighted by Gasteiger charge is -2.05. The summed E-state index contributed by atoms with van der Waals surface area (Å²) in [6.07, 6.45) is 0.465. The zero-order chi connectivity index (χ0) is 18.0. The molecule has 0 aliphatic rings. The van der Waals surface area contributed by atoms with E-state index in [-0.39, 0.29) is 17.3 Å². The van der Waals surface area contributed by atoms with Crippen molar-refractivity contribution in [2.24, 2.45) is 0 Å². The number of nitrogens with one attached hydrogen (secondary N) is 2. The van der Waals surface area contributed by atoms with Gasteiger partial charge in [-0.25, -0.2) is 22.5 Å². The summed E-state index contributed by atoms with van der Waals surface area (Å²) in [7, 11) is -3.61. The van der Waals surface area contributed by atoms with Crippen molar-refractivity contribution in [1.82, 2.24) is 19.9 Å². The van der Waals surface area contributed by atoms with Crippen molar-refractivity contribution in [2.75, 3.05) is 6.54 Å². The highest BCUT2D eigenvalue weighted by Gasteiger charge is 2.21. The molecule has 0 spiro atoms. The molecule has 9 heteroatoms. The van der Waals surface area contributed by atoms with Gasteiger partial charge in [0, 0.05) is 23.9 Å². The highest BCUT2D eigenvalue weighted by molar-refractivity contribution is 7.89. The molecule has 2 aromatic heterocycles. The summed E-state index contributed by atoms with van der Waals surface area (Å²) < 4.78 is 40.3. The molecule has 2 N–H and O–H groups in total. The number of sulfonamides is 1. The van der Waals surface area contributed by atoms with Crippen molar-refractivity contribution in [3.8, 4) is 10.6 Å². The zero-order valence-electron chi connectivity index (χ0n) is 13.7. The number of aromatic amines is 1. The van der Waals surface area contributed by atoms with Crippen LogP contribution in [-0.2, 0) is 16.4 Å². The molecule has 3 rings (SSSR count). The normalized spacial score (nSPS) is 11.8. The number of aromatic nitrogens is 3. The number of hydrogen-bond donors (Lipinski definition) is 2. The van der Waals surface area contributed by atoms with Crippen LogP contribution in [0.15, 0.2) is 34.5 Å². The quantitative estimate of drug-likeness (QED) is 0.688. The van der Waals surface area contributed by atoms with Crippen LogP contribution in [0.25, 0.3) is 10.6 Å². The number of halogens is 1. The summed E-state index contributed by atoms with van der Waals surface area (Å²) in [5, 5.41) is 9.23. The van der Waals surface area contributed by atoms with Gasteiger partial charge < -0.3 is 0 Å². The standard InChI is InChI=1S/C16H17FN4O2S2/c1-10-15(11(2)21-20-10)25(22,23)18-8-7-14-9-24-16(19-14)12-3-5-13(17)6-4-12/h3-6,9,18H,7-8H2,1-2H3,(H,20,21). The Labute approximate surface area is 149 Å². The van der Waals surface area contributed by atoms with Crippen molar-refractivity contribution in [1.29, 1.82) is 0 Å². The fourth-order valence-corrected chi connectivity index (χ4v) is 4.73. The number of aryl methyl sites for hydroxylation is 2. The lowest BCUT2D eigenvalue weighted by molar-refractivity contribution is 0.580. The first-order valence-electron chi connectivity index (χ1n) is 7.58. The van der Waals surface area contributed by atoms with Gasteiger partial charge in [0.1, 0.15) is 15.7 Å². The van der Waals surface area contributed by atoms with E-state index in [0.717, 1.165) is 16.3 Å². The molecule has 0 fully saturated rings. The average Bonchev–Trinajstić information content (AvgIpc) is 3.15. The van der Waals surface area contributed by atoms with Gasteiger partial charge in [0.05, 0.1) is 17.1 Å². The largest absolute Gasteiger partial charge is 0.281 e. The maximum atomic E-state index is 13.0. The molecule has 132 valence electrons. The molecule has 0 radical (unpaired) electrons. The minimum absolute atomic E-state index is 0.192. The van der Waals surface area contributed by atoms with Crippen LogP contribution in [-0.4, -0.2) is 30.1 Å². The van der Waals surface area contributed by atoms with Gasteiger partial charge in [0.25, 0.3) is 0 Å². The highest BCUT2D eigenvalue weighted by Crippen LogP contribution is 2.24. The molecule has 0 saturated carbocycles. The predicted molar refractivity (Wildman–Crippen MR) is 94.5 cm³/mol. The van der Waals surface area contributed by atoms with Gasteiger partial charge >= 0.3 is 0 Å². The Hall–Kier alpha value is -2.10. The molecule has 25 heavy (non-hydrogen) atoms. The molecule has 2 heterocycles. The number of thiazole rings is 1. The smallest absolute Gasteiger partial charge is 0.244 e. The van der Waals surface area contributed by atoms with Crippen molar-refractivity contribution in [3.63, 3.8) is 0 Å². The number of benzene rings is 1. The van der Waals surface area contributed by atoms with Crippen LogP contribution >= 0.6 is 11.3 Å². The molecule has 6 nitrogen and oxygen atoms in total. The second-order valence-corrected chi connectivity index (χ2v) is 8.12. The zero-order valence-corrected chi connectivity index (χ0v) is 15.3. The minimum atomic E-state index is -3.61. The Morgan fingerprint density at radius 2 is 1.96 bits per heavy atom. The first kappa shape index (κ1) is 17.7. The van der Waals surface area contributed by atoms with Crippen molar-refractivity contribution < 1.29 is 12.8 Å². The Morgan fingerprint density at radius 1 is 1.24 bits per heavy atom. The lowest BCUT2D eigenvalue weighted by atomic mass is 10.2. The first-order valence-corrected chi connectivity index (χ1v) is 9.94. The summed E-state index contributed by atoms with van der Waals surface area (Å²) in [6, 6.07) is 6.12. The summed E-state index contributed by atoms with van der Waals surface area (Å²) in [6.45, 7) is 3.55. The van der Waals surface area contributed by atoms with Crippen LogP contribution in [0.4, 0.5) is 4.39 Å². The monoisotopic (exact) mass is 380 g/mol. The third-order valence-corrected chi connectivity index (χ3v) is 6.31. The van der Waals surface area contributed by atoms with Crippen LogP contribution in [0.2, 0.25) is 0 Å². The molecular formula is C16H17FN4O2S2. The van der Waals surface area contributed by atoms with E-state index in [0.29, 0.717) is 17.8 Å². The third-order valence-electron chi connectivity index (χ3n) is 3.65. The van der Waals surface area contributed by atoms with Gasteiger partial charge in [-0.15, -0.1) is 11.3 Å². The molecule has 0 saturated heterocycles. The van der Waals surface area contributed by atoms with E-state index in [2.05, 4.69) is 19.9 Å². The van der Waals surface area contributed by atoms with Gasteiger partial charge in [-0.2, -0.15) is 5.10 Å². The number of rotatable bonds is 6. The van der Waals surface area contributed by atoms with E-state index in [4.69, 9.17) is 0 Å².